The summed E-state index contributed by atoms with van der Waals surface area (Å²) in [5, 5.41) is 21.1. The van der Waals surface area contributed by atoms with E-state index in [4.69, 9.17) is 4.74 Å². The standard InChI is InChI=1S/C27H23N5O8S2/c1-14-20(19-11-30-13-29-24(26(30)41-19)42(38,39)18-7-9-28-10-8-18)23(31-22(14)21(15(2)33)25(31)34)27(35)40-12-16-3-5-17(6-4-16)32(36)37/h3-11,13-15,21-22,33H,12H2,1-2H3/t14-,15+,21+,22+/m0/s1. The minimum atomic E-state index is -3.97. The molecule has 13 nitrogen and oxygen atoms in total. The van der Waals surface area contributed by atoms with Crippen LogP contribution in [0.15, 0.2) is 76.9 Å². The Morgan fingerprint density at radius 3 is 2.55 bits per heavy atom. The van der Waals surface area contributed by atoms with Crippen LogP contribution in [0.25, 0.3) is 10.4 Å². The Morgan fingerprint density at radius 2 is 1.90 bits per heavy atom. The zero-order chi connectivity index (χ0) is 29.9. The number of pyridine rings is 1. The lowest BCUT2D eigenvalue weighted by molar-refractivity contribution is -0.384. The van der Waals surface area contributed by atoms with Crippen molar-refractivity contribution in [3.63, 3.8) is 0 Å². The Balaban J connectivity index is 1.39. The molecule has 0 bridgehead atoms. The lowest BCUT2D eigenvalue weighted by Crippen LogP contribution is -2.63. The average molecular weight is 610 g/mol. The van der Waals surface area contributed by atoms with Crippen molar-refractivity contribution >= 4 is 49.1 Å². The van der Waals surface area contributed by atoms with E-state index < -0.39 is 44.7 Å². The molecule has 6 rings (SSSR count). The number of nitro benzene ring substituents is 1. The first kappa shape index (κ1) is 27.7. The fraction of sp³-hybridized carbons (Fsp3) is 0.259. The van der Waals surface area contributed by atoms with E-state index in [1.54, 1.807) is 10.6 Å². The van der Waals surface area contributed by atoms with Crippen LogP contribution in [0.1, 0.15) is 24.3 Å². The number of aromatic nitrogens is 3. The fourth-order valence-electron chi connectivity index (χ4n) is 5.53. The number of non-ortho nitro benzene ring substituents is 1. The zero-order valence-electron chi connectivity index (χ0n) is 22.1. The van der Waals surface area contributed by atoms with Crippen molar-refractivity contribution in [3.05, 3.63) is 87.6 Å². The van der Waals surface area contributed by atoms with Gasteiger partial charge in [0.25, 0.3) is 5.69 Å². The number of aliphatic hydroxyl groups excluding tert-OH is 1. The van der Waals surface area contributed by atoms with Gasteiger partial charge in [0.15, 0.2) is 5.03 Å². The van der Waals surface area contributed by atoms with Crippen molar-refractivity contribution in [2.75, 3.05) is 0 Å². The largest absolute Gasteiger partial charge is 0.456 e. The van der Waals surface area contributed by atoms with Gasteiger partial charge in [0.05, 0.1) is 32.8 Å². The fourth-order valence-corrected chi connectivity index (χ4v) is 8.32. The molecule has 1 amide bonds. The van der Waals surface area contributed by atoms with Gasteiger partial charge in [0, 0.05) is 42.2 Å². The van der Waals surface area contributed by atoms with E-state index in [0.717, 1.165) is 11.3 Å². The molecule has 1 fully saturated rings. The molecule has 2 aliphatic heterocycles. The van der Waals surface area contributed by atoms with Crippen LogP contribution in [0, 0.1) is 22.0 Å². The molecule has 15 heteroatoms. The number of fused-ring (bicyclic) bond motifs is 2. The van der Waals surface area contributed by atoms with Crippen LogP contribution < -0.4 is 0 Å². The molecule has 0 aliphatic carbocycles. The van der Waals surface area contributed by atoms with Gasteiger partial charge in [0.1, 0.15) is 23.5 Å². The molecule has 4 atom stereocenters. The number of rotatable bonds is 8. The van der Waals surface area contributed by atoms with Crippen molar-refractivity contribution in [3.8, 4) is 0 Å². The predicted octanol–water partition coefficient (Wildman–Crippen LogP) is 2.84. The maximum absolute atomic E-state index is 13.5. The topological polar surface area (TPSA) is 174 Å². The van der Waals surface area contributed by atoms with Gasteiger partial charge in [-0.1, -0.05) is 6.92 Å². The molecule has 42 heavy (non-hydrogen) atoms. The second-order valence-electron chi connectivity index (χ2n) is 10.1. The summed E-state index contributed by atoms with van der Waals surface area (Å²) in [5.41, 5.74) is 0.920. The number of imidazole rings is 1. The number of sulfone groups is 1. The quantitative estimate of drug-likeness (QED) is 0.135. The van der Waals surface area contributed by atoms with E-state index in [1.807, 2.05) is 6.92 Å². The average Bonchev–Trinajstić information content (AvgIpc) is 3.62. The Bertz CT molecular complexity index is 1880. The first-order valence-electron chi connectivity index (χ1n) is 12.8. The zero-order valence-corrected chi connectivity index (χ0v) is 23.8. The van der Waals surface area contributed by atoms with Crippen molar-refractivity contribution in [1.29, 1.82) is 0 Å². The molecule has 1 N–H and O–H groups in total. The first-order chi connectivity index (χ1) is 20.0. The van der Waals surface area contributed by atoms with Gasteiger partial charge in [-0.3, -0.25) is 24.3 Å². The summed E-state index contributed by atoms with van der Waals surface area (Å²) in [6.07, 6.45) is 4.83. The number of hydrogen-bond acceptors (Lipinski definition) is 11. The molecule has 1 aromatic carbocycles. The summed E-state index contributed by atoms with van der Waals surface area (Å²) < 4.78 is 33.8. The highest BCUT2D eigenvalue weighted by Crippen LogP contribution is 2.52. The number of ether oxygens (including phenoxy) is 1. The first-order valence-corrected chi connectivity index (χ1v) is 15.1. The van der Waals surface area contributed by atoms with E-state index in [-0.39, 0.29) is 33.8 Å². The van der Waals surface area contributed by atoms with E-state index in [0.29, 0.717) is 20.8 Å². The number of amides is 1. The molecule has 0 spiro atoms. The number of benzene rings is 1. The van der Waals surface area contributed by atoms with Gasteiger partial charge in [-0.2, -0.15) is 0 Å². The van der Waals surface area contributed by atoms with Gasteiger partial charge in [0.2, 0.25) is 15.7 Å². The maximum atomic E-state index is 13.5. The smallest absolute Gasteiger partial charge is 0.355 e. The van der Waals surface area contributed by atoms with Crippen LogP contribution in [-0.4, -0.2) is 61.7 Å². The molecule has 2 aliphatic rings. The molecule has 216 valence electrons. The maximum Gasteiger partial charge on any atom is 0.355 e. The van der Waals surface area contributed by atoms with Crippen molar-refractivity contribution in [2.24, 2.45) is 11.8 Å². The minimum Gasteiger partial charge on any atom is -0.456 e. The third-order valence-corrected chi connectivity index (χ3v) is 10.5. The SMILES string of the molecule is C[C@@H](O)[C@H]1C(=O)N2C(C(=O)OCc3ccc([N+](=O)[O-])cc3)=C(c3cn4cnc(S(=O)(=O)c5ccncc5)c4s3)[C@H](C)[C@H]12. The highest BCUT2D eigenvalue weighted by atomic mass is 32.2. The van der Waals surface area contributed by atoms with Crippen LogP contribution in [0.2, 0.25) is 0 Å². The molecule has 1 saturated heterocycles. The lowest BCUT2D eigenvalue weighted by atomic mass is 9.77. The Kier molecular flexibility index (Phi) is 6.67. The molecule has 4 aromatic rings. The van der Waals surface area contributed by atoms with Gasteiger partial charge in [-0.15, -0.1) is 11.3 Å². The number of nitrogens with zero attached hydrogens (tertiary/aromatic N) is 5. The van der Waals surface area contributed by atoms with Crippen molar-refractivity contribution < 1.29 is 32.8 Å². The van der Waals surface area contributed by atoms with Gasteiger partial charge in [-0.25, -0.2) is 18.2 Å². The van der Waals surface area contributed by atoms with E-state index in [9.17, 15) is 33.2 Å². The van der Waals surface area contributed by atoms with Gasteiger partial charge >= 0.3 is 5.97 Å². The summed E-state index contributed by atoms with van der Waals surface area (Å²) in [7, 11) is -3.97. The van der Waals surface area contributed by atoms with E-state index in [1.165, 1.54) is 66.9 Å². The molecule has 0 unspecified atom stereocenters. The summed E-state index contributed by atoms with van der Waals surface area (Å²) >= 11 is 1.11. The van der Waals surface area contributed by atoms with Crippen molar-refractivity contribution in [2.45, 2.75) is 42.5 Å². The van der Waals surface area contributed by atoms with Crippen LogP contribution in [0.3, 0.4) is 0 Å². The predicted molar refractivity (Wildman–Crippen MR) is 148 cm³/mol. The highest BCUT2D eigenvalue weighted by Gasteiger charge is 2.60. The second-order valence-corrected chi connectivity index (χ2v) is 13.0. The molecular formula is C27H23N5O8S2. The molecule has 3 aromatic heterocycles. The molecular weight excluding hydrogens is 586 g/mol. The Labute approximate surface area is 242 Å². The summed E-state index contributed by atoms with van der Waals surface area (Å²) in [6.45, 7) is 3.17. The number of carbonyl (C=O) groups is 2. The lowest BCUT2D eigenvalue weighted by Gasteiger charge is -2.46. The number of nitro groups is 1. The van der Waals surface area contributed by atoms with E-state index in [2.05, 4.69) is 9.97 Å². The number of thiazole rings is 1. The van der Waals surface area contributed by atoms with Crippen LogP contribution in [0.4, 0.5) is 5.69 Å². The van der Waals surface area contributed by atoms with Crippen LogP contribution in [-0.2, 0) is 30.8 Å². The van der Waals surface area contributed by atoms with Crippen molar-refractivity contribution in [1.82, 2.24) is 19.3 Å². The number of hydrogen-bond donors (Lipinski definition) is 1. The second kappa shape index (κ2) is 10.1. The summed E-state index contributed by atoms with van der Waals surface area (Å²) in [4.78, 5) is 47.3. The third-order valence-electron chi connectivity index (χ3n) is 7.54. The van der Waals surface area contributed by atoms with Crippen LogP contribution >= 0.6 is 11.3 Å². The Morgan fingerprint density at radius 1 is 1.21 bits per heavy atom. The normalized spacial score (nSPS) is 20.9. The number of carbonyl (C=O) groups excluding carboxylic acids is 2. The number of esters is 1. The summed E-state index contributed by atoms with van der Waals surface area (Å²) in [5.74, 6) is -2.30. The van der Waals surface area contributed by atoms with Gasteiger partial charge in [-0.05, 0) is 36.8 Å². The highest BCUT2D eigenvalue weighted by molar-refractivity contribution is 7.91. The molecule has 0 radical (unpaired) electrons. The van der Waals surface area contributed by atoms with E-state index >= 15 is 0 Å². The van der Waals surface area contributed by atoms with Crippen LogP contribution in [0.5, 0.6) is 0 Å². The molecule has 5 heterocycles. The third kappa shape index (κ3) is 4.28. The summed E-state index contributed by atoms with van der Waals surface area (Å²) in [6, 6.07) is 7.81. The van der Waals surface area contributed by atoms with Gasteiger partial charge < -0.3 is 14.7 Å². The molecule has 0 saturated carbocycles. The Hall–Kier alpha value is -4.47. The number of β-lactam (4-membered cyclic amide) rings is 1. The minimum absolute atomic E-state index is 0.0207. The number of aliphatic hydroxyl groups is 1. The monoisotopic (exact) mass is 609 g/mol.